The molecule has 1 rings (SSSR count). The lowest BCUT2D eigenvalue weighted by atomic mass is 10.1. The van der Waals surface area contributed by atoms with E-state index in [-0.39, 0.29) is 12.2 Å². The monoisotopic (exact) mass is 314 g/mol. The lowest BCUT2D eigenvalue weighted by molar-refractivity contribution is -0.135. The molecule has 0 saturated carbocycles. The molecule has 116 valence electrons. The molecule has 0 aromatic heterocycles. The first-order valence-electron chi connectivity index (χ1n) is 6.77. The van der Waals surface area contributed by atoms with Gasteiger partial charge in [0.25, 0.3) is 0 Å². The van der Waals surface area contributed by atoms with Crippen molar-refractivity contribution >= 4 is 20.1 Å². The van der Waals surface area contributed by atoms with E-state index in [1.807, 2.05) is 0 Å². The fourth-order valence-electron chi connectivity index (χ4n) is 1.66. The van der Waals surface area contributed by atoms with Gasteiger partial charge in [-0.05, 0) is 25.0 Å². The lowest BCUT2D eigenvalue weighted by Gasteiger charge is -2.12. The van der Waals surface area contributed by atoms with E-state index in [1.54, 1.807) is 18.2 Å². The average Bonchev–Trinajstić information content (AvgIpc) is 2.42. The predicted octanol–water partition coefficient (Wildman–Crippen LogP) is 3.25. The number of phosphoric acid groups is 1. The Labute approximate surface area is 123 Å². The summed E-state index contributed by atoms with van der Waals surface area (Å²) in [5, 5.41) is 0. The van der Waals surface area contributed by atoms with Gasteiger partial charge < -0.3 is 13.8 Å². The second kappa shape index (κ2) is 9.32. The molecule has 7 heteroatoms. The van der Waals surface area contributed by atoms with Crippen molar-refractivity contribution in [1.82, 2.24) is 0 Å². The molecule has 6 nitrogen and oxygen atoms in total. The van der Waals surface area contributed by atoms with Gasteiger partial charge in [-0.3, -0.25) is 9.69 Å². The van der Waals surface area contributed by atoms with Gasteiger partial charge in [0.2, 0.25) is 0 Å². The molecule has 0 bridgehead atoms. The standard InChI is InChI=1S/C14H19O6P/c15-12-8-3-1-2-7-11-14(16)20-21(17,18)19-13-9-5-4-6-10-13/h4-6,9-10,12H,1-3,7-8,11H2,(H,17,18). The van der Waals surface area contributed by atoms with E-state index < -0.39 is 13.8 Å². The van der Waals surface area contributed by atoms with E-state index in [0.717, 1.165) is 25.5 Å². The van der Waals surface area contributed by atoms with Crippen LogP contribution in [0.5, 0.6) is 5.75 Å². The molecule has 1 N–H and O–H groups in total. The Morgan fingerprint density at radius 1 is 1.14 bits per heavy atom. The number of carbonyl (C=O) groups is 2. The summed E-state index contributed by atoms with van der Waals surface area (Å²) in [6.07, 6.45) is 4.35. The highest BCUT2D eigenvalue weighted by molar-refractivity contribution is 7.48. The van der Waals surface area contributed by atoms with Gasteiger partial charge in [0.15, 0.2) is 0 Å². The Morgan fingerprint density at radius 3 is 2.48 bits per heavy atom. The lowest BCUT2D eigenvalue weighted by Crippen LogP contribution is -2.06. The van der Waals surface area contributed by atoms with Gasteiger partial charge in [-0.2, -0.15) is 0 Å². The molecule has 0 saturated heterocycles. The molecule has 1 aromatic carbocycles. The molecule has 1 atom stereocenters. The van der Waals surface area contributed by atoms with Crippen LogP contribution in [0.4, 0.5) is 0 Å². The highest BCUT2D eigenvalue weighted by Crippen LogP contribution is 2.44. The van der Waals surface area contributed by atoms with Gasteiger partial charge in [0.1, 0.15) is 12.0 Å². The number of unbranched alkanes of at least 4 members (excludes halogenated alkanes) is 4. The summed E-state index contributed by atoms with van der Waals surface area (Å²) < 4.78 is 20.8. The molecule has 0 aliphatic heterocycles. The van der Waals surface area contributed by atoms with Crippen molar-refractivity contribution in [2.24, 2.45) is 0 Å². The second-order valence-corrected chi connectivity index (χ2v) is 5.76. The number of carbonyl (C=O) groups excluding carboxylic acids is 2. The number of phosphoric ester groups is 1. The molecular weight excluding hydrogens is 295 g/mol. The normalized spacial score (nSPS) is 13.2. The summed E-state index contributed by atoms with van der Waals surface area (Å²) in [6, 6.07) is 7.98. The van der Waals surface area contributed by atoms with Gasteiger partial charge in [-0.25, -0.2) is 4.57 Å². The summed E-state index contributed by atoms with van der Waals surface area (Å²) in [5.41, 5.74) is 0. The zero-order chi connectivity index (χ0) is 15.6. The molecule has 0 spiro atoms. The zero-order valence-electron chi connectivity index (χ0n) is 11.6. The Morgan fingerprint density at radius 2 is 1.81 bits per heavy atom. The van der Waals surface area contributed by atoms with Crippen LogP contribution in [0.25, 0.3) is 0 Å². The van der Waals surface area contributed by atoms with Crippen LogP contribution in [-0.2, 0) is 18.7 Å². The van der Waals surface area contributed by atoms with Crippen molar-refractivity contribution in [2.45, 2.75) is 38.5 Å². The molecule has 0 aliphatic carbocycles. The smallest absolute Gasteiger partial charge is 0.395 e. The maximum Gasteiger partial charge on any atom is 0.587 e. The Hall–Kier alpha value is -1.65. The first-order valence-corrected chi connectivity index (χ1v) is 8.26. The summed E-state index contributed by atoms with van der Waals surface area (Å²) in [6.45, 7) is 0. The molecule has 0 aliphatic rings. The van der Waals surface area contributed by atoms with Gasteiger partial charge in [-0.1, -0.05) is 31.0 Å². The molecule has 21 heavy (non-hydrogen) atoms. The Balaban J connectivity index is 2.26. The van der Waals surface area contributed by atoms with Crippen molar-refractivity contribution < 1.29 is 28.1 Å². The third-order valence-corrected chi connectivity index (χ3v) is 3.51. The third-order valence-electron chi connectivity index (χ3n) is 2.63. The van der Waals surface area contributed by atoms with E-state index in [0.29, 0.717) is 12.8 Å². The van der Waals surface area contributed by atoms with E-state index in [4.69, 9.17) is 4.52 Å². The SMILES string of the molecule is O=CCCCCCCC(=O)OP(=O)(O)Oc1ccccc1. The zero-order valence-corrected chi connectivity index (χ0v) is 12.5. The van der Waals surface area contributed by atoms with Crippen molar-refractivity contribution in [3.05, 3.63) is 30.3 Å². The van der Waals surface area contributed by atoms with Gasteiger partial charge >= 0.3 is 13.8 Å². The quantitative estimate of drug-likeness (QED) is 0.405. The maximum atomic E-state index is 11.6. The maximum absolute atomic E-state index is 11.6. The highest BCUT2D eigenvalue weighted by Gasteiger charge is 2.27. The number of aldehydes is 1. The van der Waals surface area contributed by atoms with Crippen LogP contribution < -0.4 is 4.52 Å². The van der Waals surface area contributed by atoms with E-state index in [2.05, 4.69) is 4.52 Å². The minimum Gasteiger partial charge on any atom is -0.395 e. The van der Waals surface area contributed by atoms with Crippen molar-refractivity contribution in [3.63, 3.8) is 0 Å². The van der Waals surface area contributed by atoms with Crippen molar-refractivity contribution in [1.29, 1.82) is 0 Å². The largest absolute Gasteiger partial charge is 0.587 e. The predicted molar refractivity (Wildman–Crippen MR) is 76.8 cm³/mol. The molecular formula is C14H19O6P. The number of hydrogen-bond acceptors (Lipinski definition) is 5. The van der Waals surface area contributed by atoms with Crippen LogP contribution in [0.2, 0.25) is 0 Å². The molecule has 0 fully saturated rings. The molecule has 0 amide bonds. The third kappa shape index (κ3) is 8.27. The molecule has 0 heterocycles. The molecule has 0 radical (unpaired) electrons. The molecule has 1 unspecified atom stereocenters. The van der Waals surface area contributed by atoms with Crippen molar-refractivity contribution in [3.8, 4) is 5.75 Å². The van der Waals surface area contributed by atoms with E-state index in [9.17, 15) is 19.0 Å². The van der Waals surface area contributed by atoms with Crippen LogP contribution in [0.15, 0.2) is 30.3 Å². The summed E-state index contributed by atoms with van der Waals surface area (Å²) >= 11 is 0. The van der Waals surface area contributed by atoms with Crippen molar-refractivity contribution in [2.75, 3.05) is 0 Å². The van der Waals surface area contributed by atoms with Crippen LogP contribution in [0, 0.1) is 0 Å². The van der Waals surface area contributed by atoms with Crippen LogP contribution in [-0.4, -0.2) is 17.1 Å². The summed E-state index contributed by atoms with van der Waals surface area (Å²) in [5.74, 6) is -0.614. The summed E-state index contributed by atoms with van der Waals surface area (Å²) in [4.78, 5) is 31.0. The number of rotatable bonds is 10. The minimum absolute atomic E-state index is 0.0454. The van der Waals surface area contributed by atoms with E-state index in [1.165, 1.54) is 12.1 Å². The fraction of sp³-hybridized carbons (Fsp3) is 0.429. The Kier molecular flexibility index (Phi) is 7.72. The van der Waals surface area contributed by atoms with Crippen LogP contribution in [0.3, 0.4) is 0 Å². The second-order valence-electron chi connectivity index (χ2n) is 4.46. The van der Waals surface area contributed by atoms with Gasteiger partial charge in [0, 0.05) is 12.8 Å². The fourth-order valence-corrected chi connectivity index (χ4v) is 2.43. The minimum atomic E-state index is -4.43. The highest BCUT2D eigenvalue weighted by atomic mass is 31.2. The first kappa shape index (κ1) is 17.4. The number of hydrogen-bond donors (Lipinski definition) is 1. The van der Waals surface area contributed by atoms with E-state index >= 15 is 0 Å². The van der Waals surface area contributed by atoms with Gasteiger partial charge in [-0.15, -0.1) is 0 Å². The van der Waals surface area contributed by atoms with Gasteiger partial charge in [0.05, 0.1) is 0 Å². The first-order chi connectivity index (χ1) is 10.0. The number of para-hydroxylation sites is 1. The summed E-state index contributed by atoms with van der Waals surface area (Å²) in [7, 11) is -4.43. The average molecular weight is 314 g/mol. The molecule has 1 aromatic rings. The van der Waals surface area contributed by atoms with Crippen LogP contribution >= 0.6 is 7.82 Å². The van der Waals surface area contributed by atoms with Crippen LogP contribution in [0.1, 0.15) is 38.5 Å². The topological polar surface area (TPSA) is 89.9 Å². The Bertz CT molecular complexity index is 487. The number of benzene rings is 1.